The number of thiazole rings is 1. The number of hydrogen-bond acceptors (Lipinski definition) is 4. The number of aryl methyl sites for hydroxylation is 1. The first-order valence-electron chi connectivity index (χ1n) is 9.87. The Morgan fingerprint density at radius 1 is 1.00 bits per heavy atom. The molecule has 1 fully saturated rings. The second-order valence-corrected chi connectivity index (χ2v) is 8.52. The highest BCUT2D eigenvalue weighted by Crippen LogP contribution is 2.38. The first kappa shape index (κ1) is 18.2. The number of aromatic nitrogens is 1. The van der Waals surface area contributed by atoms with Gasteiger partial charge in [-0.2, -0.15) is 0 Å². The van der Waals surface area contributed by atoms with E-state index in [1.54, 1.807) is 12.1 Å². The van der Waals surface area contributed by atoms with Crippen molar-refractivity contribution in [1.82, 2.24) is 10.3 Å². The van der Waals surface area contributed by atoms with Gasteiger partial charge in [-0.1, -0.05) is 43.9 Å². The molecule has 2 amide bonds. The van der Waals surface area contributed by atoms with Crippen LogP contribution in [0.5, 0.6) is 0 Å². The van der Waals surface area contributed by atoms with Gasteiger partial charge in [0.15, 0.2) is 5.13 Å². The Labute approximate surface area is 163 Å². The van der Waals surface area contributed by atoms with Gasteiger partial charge in [-0.05, 0) is 37.8 Å². The summed E-state index contributed by atoms with van der Waals surface area (Å²) in [6, 6.07) is 9.42. The number of amides is 2. The largest absolute Gasteiger partial charge is 0.353 e. The summed E-state index contributed by atoms with van der Waals surface area (Å²) >= 11 is 1.49. The standard InChI is InChI=1S/C21H25N3O2S/c25-19(14-8-4-3-5-9-14)24-21-23-18-16(12-13-17(18)27-21)20(26)22-15-10-6-1-2-7-11-15/h3-5,8-9,15-16H,1-2,6-7,10-13H2,(H,22,26)(H,23,24,25). The second kappa shape index (κ2) is 8.21. The molecule has 1 saturated carbocycles. The molecule has 1 heterocycles. The fourth-order valence-electron chi connectivity index (χ4n) is 4.02. The number of carbonyl (C=O) groups is 2. The van der Waals surface area contributed by atoms with Crippen molar-refractivity contribution in [3.8, 4) is 0 Å². The van der Waals surface area contributed by atoms with Gasteiger partial charge in [0.2, 0.25) is 5.91 Å². The van der Waals surface area contributed by atoms with Gasteiger partial charge in [-0.25, -0.2) is 4.98 Å². The lowest BCUT2D eigenvalue weighted by Gasteiger charge is -2.19. The number of anilines is 1. The highest BCUT2D eigenvalue weighted by molar-refractivity contribution is 7.16. The fraction of sp³-hybridized carbons (Fsp3) is 0.476. The molecule has 1 unspecified atom stereocenters. The van der Waals surface area contributed by atoms with Gasteiger partial charge in [-0.15, -0.1) is 11.3 Å². The number of hydrogen-bond donors (Lipinski definition) is 2. The van der Waals surface area contributed by atoms with Crippen molar-refractivity contribution in [2.24, 2.45) is 0 Å². The van der Waals surface area contributed by atoms with Gasteiger partial charge in [0.25, 0.3) is 5.91 Å². The quantitative estimate of drug-likeness (QED) is 0.775. The third-order valence-corrected chi connectivity index (χ3v) is 6.54. The molecular formula is C21H25N3O2S. The lowest BCUT2D eigenvalue weighted by atomic mass is 10.0. The first-order valence-corrected chi connectivity index (χ1v) is 10.7. The molecule has 2 N–H and O–H groups in total. The molecule has 0 bridgehead atoms. The van der Waals surface area contributed by atoms with Crippen LogP contribution in [0.3, 0.4) is 0 Å². The maximum absolute atomic E-state index is 12.8. The molecule has 0 spiro atoms. The average molecular weight is 384 g/mol. The molecular weight excluding hydrogens is 358 g/mol. The van der Waals surface area contributed by atoms with E-state index < -0.39 is 0 Å². The van der Waals surface area contributed by atoms with Crippen LogP contribution in [0.4, 0.5) is 5.13 Å². The minimum Gasteiger partial charge on any atom is -0.353 e. The molecule has 2 aromatic rings. The van der Waals surface area contributed by atoms with Crippen LogP contribution in [-0.2, 0) is 11.2 Å². The summed E-state index contributed by atoms with van der Waals surface area (Å²) in [5.74, 6) is -0.240. The number of rotatable bonds is 4. The molecule has 27 heavy (non-hydrogen) atoms. The van der Waals surface area contributed by atoms with Gasteiger partial charge in [-0.3, -0.25) is 14.9 Å². The van der Waals surface area contributed by atoms with Gasteiger partial charge in [0, 0.05) is 16.5 Å². The maximum atomic E-state index is 12.8. The summed E-state index contributed by atoms with van der Waals surface area (Å²) in [6.45, 7) is 0. The summed E-state index contributed by atoms with van der Waals surface area (Å²) in [5, 5.41) is 6.71. The van der Waals surface area contributed by atoms with Gasteiger partial charge < -0.3 is 5.32 Å². The molecule has 1 aromatic heterocycles. The highest BCUT2D eigenvalue weighted by atomic mass is 32.1. The van der Waals surface area contributed by atoms with E-state index in [1.165, 1.54) is 37.0 Å². The van der Waals surface area contributed by atoms with Crippen LogP contribution in [0.15, 0.2) is 30.3 Å². The Bertz CT molecular complexity index is 810. The zero-order chi connectivity index (χ0) is 18.6. The van der Waals surface area contributed by atoms with Gasteiger partial charge in [0.1, 0.15) is 0 Å². The van der Waals surface area contributed by atoms with Crippen LogP contribution < -0.4 is 10.6 Å². The smallest absolute Gasteiger partial charge is 0.257 e. The van der Waals surface area contributed by atoms with Crippen LogP contribution in [0.25, 0.3) is 0 Å². The van der Waals surface area contributed by atoms with Crippen molar-refractivity contribution in [2.75, 3.05) is 5.32 Å². The number of nitrogens with one attached hydrogen (secondary N) is 2. The molecule has 0 radical (unpaired) electrons. The normalized spacial score (nSPS) is 19.9. The highest BCUT2D eigenvalue weighted by Gasteiger charge is 2.33. The molecule has 1 atom stereocenters. The summed E-state index contributed by atoms with van der Waals surface area (Å²) in [4.78, 5) is 30.9. The Morgan fingerprint density at radius 3 is 2.48 bits per heavy atom. The van der Waals surface area contributed by atoms with E-state index in [0.29, 0.717) is 16.7 Å². The molecule has 2 aliphatic rings. The molecule has 142 valence electrons. The van der Waals surface area contributed by atoms with Crippen LogP contribution in [0, 0.1) is 0 Å². The molecule has 1 aromatic carbocycles. The number of benzene rings is 1. The van der Waals surface area contributed by atoms with E-state index in [-0.39, 0.29) is 17.7 Å². The number of nitrogens with zero attached hydrogens (tertiary/aromatic N) is 1. The SMILES string of the molecule is O=C(Nc1nc2c(s1)CCC2C(=O)NC1CCCCCC1)c1ccccc1. The second-order valence-electron chi connectivity index (χ2n) is 7.44. The van der Waals surface area contributed by atoms with E-state index in [1.807, 2.05) is 18.2 Å². The van der Waals surface area contributed by atoms with Crippen molar-refractivity contribution in [3.63, 3.8) is 0 Å². The molecule has 0 saturated heterocycles. The van der Waals surface area contributed by atoms with E-state index in [4.69, 9.17) is 0 Å². The Hall–Kier alpha value is -2.21. The third kappa shape index (κ3) is 4.21. The first-order chi connectivity index (χ1) is 13.2. The monoisotopic (exact) mass is 383 g/mol. The molecule has 6 heteroatoms. The van der Waals surface area contributed by atoms with Gasteiger partial charge >= 0.3 is 0 Å². The van der Waals surface area contributed by atoms with Crippen molar-refractivity contribution < 1.29 is 9.59 Å². The third-order valence-electron chi connectivity index (χ3n) is 5.49. The number of fused-ring (bicyclic) bond motifs is 1. The predicted molar refractivity (Wildman–Crippen MR) is 107 cm³/mol. The average Bonchev–Trinajstić information content (AvgIpc) is 3.14. The Morgan fingerprint density at radius 2 is 1.74 bits per heavy atom. The fourth-order valence-corrected chi connectivity index (χ4v) is 5.05. The summed E-state index contributed by atoms with van der Waals surface area (Å²) in [5.41, 5.74) is 1.46. The van der Waals surface area contributed by atoms with E-state index in [9.17, 15) is 9.59 Å². The minimum absolute atomic E-state index is 0.104. The molecule has 0 aliphatic heterocycles. The van der Waals surface area contributed by atoms with Crippen molar-refractivity contribution in [2.45, 2.75) is 63.3 Å². The summed E-state index contributed by atoms with van der Waals surface area (Å²) in [7, 11) is 0. The zero-order valence-corrected chi connectivity index (χ0v) is 16.2. The predicted octanol–water partition coefficient (Wildman–Crippen LogP) is 4.26. The van der Waals surface area contributed by atoms with Crippen LogP contribution in [0.1, 0.15) is 71.8 Å². The van der Waals surface area contributed by atoms with Crippen molar-refractivity contribution in [1.29, 1.82) is 0 Å². The molecule has 2 aliphatic carbocycles. The lowest BCUT2D eigenvalue weighted by Crippen LogP contribution is -2.37. The van der Waals surface area contributed by atoms with E-state index in [2.05, 4.69) is 15.6 Å². The van der Waals surface area contributed by atoms with Crippen LogP contribution >= 0.6 is 11.3 Å². The Kier molecular flexibility index (Phi) is 5.53. The van der Waals surface area contributed by atoms with Crippen molar-refractivity contribution >= 4 is 28.3 Å². The van der Waals surface area contributed by atoms with E-state index >= 15 is 0 Å². The topological polar surface area (TPSA) is 71.1 Å². The Balaban J connectivity index is 1.41. The molecule has 5 nitrogen and oxygen atoms in total. The van der Waals surface area contributed by atoms with E-state index in [0.717, 1.165) is 36.3 Å². The van der Waals surface area contributed by atoms with Crippen LogP contribution in [0.2, 0.25) is 0 Å². The number of carbonyl (C=O) groups excluding carboxylic acids is 2. The molecule has 4 rings (SSSR count). The maximum Gasteiger partial charge on any atom is 0.257 e. The van der Waals surface area contributed by atoms with Gasteiger partial charge in [0.05, 0.1) is 11.6 Å². The zero-order valence-electron chi connectivity index (χ0n) is 15.4. The summed E-state index contributed by atoms with van der Waals surface area (Å²) in [6.07, 6.45) is 8.80. The minimum atomic E-state index is -0.179. The summed E-state index contributed by atoms with van der Waals surface area (Å²) < 4.78 is 0. The lowest BCUT2D eigenvalue weighted by molar-refractivity contribution is -0.123. The van der Waals surface area contributed by atoms with Crippen LogP contribution in [-0.4, -0.2) is 22.8 Å². The van der Waals surface area contributed by atoms with Crippen molar-refractivity contribution in [3.05, 3.63) is 46.5 Å².